The fourth-order valence-electron chi connectivity index (χ4n) is 12.9. The number of carbonyl (C=O) groups is 2. The van der Waals surface area contributed by atoms with E-state index in [2.05, 4.69) is 97.6 Å². The Morgan fingerprint density at radius 3 is 2.44 bits per heavy atom. The van der Waals surface area contributed by atoms with Crippen molar-refractivity contribution in [1.29, 1.82) is 0 Å². The van der Waals surface area contributed by atoms with E-state index in [9.17, 15) is 14.7 Å². The Bertz CT molecular complexity index is 1560. The van der Waals surface area contributed by atoms with Crippen LogP contribution in [0.4, 0.5) is 0 Å². The Kier molecular flexibility index (Phi) is 10.2. The van der Waals surface area contributed by atoms with Crippen molar-refractivity contribution in [1.82, 2.24) is 20.1 Å². The molecule has 1 aromatic rings. The average Bonchev–Trinajstić information content (AvgIpc) is 3.57. The molecule has 10 nitrogen and oxygen atoms in total. The topological polar surface area (TPSA) is 142 Å². The summed E-state index contributed by atoms with van der Waals surface area (Å²) < 4.78 is 15.7. The molecule has 0 unspecified atom stereocenters. The molecule has 6 rings (SSSR count). The minimum atomic E-state index is -0.648. The van der Waals surface area contributed by atoms with E-state index in [4.69, 9.17) is 15.2 Å². The largest absolute Gasteiger partial charge is 0.481 e. The standard InChI is InChI=1S/C42H69N5O5/c1-12-19-45-41(11,26(4)5)22-52-33-30(47-35(34(43)48)44-24-46-47)20-42-23-51-21-38(33,8)31(42)14-13-28-29(42)15-16-40(10)32(36(49)50)37(7,27(6)25(2)3)17-18-39(28,40)9/h15,24-28,30-33,45H,12-14,16-23H2,1-11H3,(H2,43,48)(H,49,50)/t27-,28+,30-,31+,32-,33+,37-,38+,39-,40+,41+,42+/m1/s1. The quantitative estimate of drug-likeness (QED) is 0.191. The first kappa shape index (κ1) is 39.4. The van der Waals surface area contributed by atoms with Crippen LogP contribution in [0, 0.1) is 62.6 Å². The van der Waals surface area contributed by atoms with Gasteiger partial charge in [-0.25, -0.2) is 9.67 Å². The van der Waals surface area contributed by atoms with Crippen molar-refractivity contribution in [2.45, 2.75) is 139 Å². The van der Waals surface area contributed by atoms with Gasteiger partial charge in [0, 0.05) is 16.4 Å². The van der Waals surface area contributed by atoms with Gasteiger partial charge in [-0.3, -0.25) is 9.59 Å². The molecule has 5 aliphatic rings. The van der Waals surface area contributed by atoms with Gasteiger partial charge in [-0.15, -0.1) is 0 Å². The maximum atomic E-state index is 13.5. The monoisotopic (exact) mass is 724 g/mol. The van der Waals surface area contributed by atoms with E-state index in [1.165, 1.54) is 11.9 Å². The van der Waals surface area contributed by atoms with Gasteiger partial charge < -0.3 is 25.6 Å². The molecule has 4 fully saturated rings. The minimum Gasteiger partial charge on any atom is -0.481 e. The lowest BCUT2D eigenvalue weighted by Gasteiger charge is -2.71. The lowest BCUT2D eigenvalue weighted by molar-refractivity contribution is -0.253. The summed E-state index contributed by atoms with van der Waals surface area (Å²) in [5, 5.41) is 19.6. The van der Waals surface area contributed by atoms with Gasteiger partial charge in [-0.1, -0.05) is 80.9 Å². The highest BCUT2D eigenvalue weighted by Gasteiger charge is 2.72. The second-order valence-electron chi connectivity index (χ2n) is 19.7. The van der Waals surface area contributed by atoms with Crippen molar-refractivity contribution in [3.63, 3.8) is 0 Å². The van der Waals surface area contributed by atoms with Crippen LogP contribution in [0.15, 0.2) is 18.0 Å². The Labute approximate surface area is 312 Å². The number of fused-ring (bicyclic) bond motifs is 3. The van der Waals surface area contributed by atoms with Crippen molar-refractivity contribution < 1.29 is 24.2 Å². The van der Waals surface area contributed by atoms with E-state index in [1.807, 2.05) is 0 Å². The number of primary amides is 1. The number of carboxylic acid groups (broad SMARTS) is 1. The second kappa shape index (κ2) is 13.5. The summed E-state index contributed by atoms with van der Waals surface area (Å²) in [6, 6.07) is -0.285. The van der Waals surface area contributed by atoms with Gasteiger partial charge in [0.2, 0.25) is 5.82 Å². The number of hydrogen-bond acceptors (Lipinski definition) is 7. The van der Waals surface area contributed by atoms with Crippen molar-refractivity contribution in [2.75, 3.05) is 26.4 Å². The second-order valence-corrected chi connectivity index (χ2v) is 19.7. The molecule has 4 N–H and O–H groups in total. The highest BCUT2D eigenvalue weighted by Crippen LogP contribution is 2.75. The number of aromatic nitrogens is 3. The molecule has 2 heterocycles. The SMILES string of the molecule is CCCN[C@@](C)(CO[C@H]1[C@H](n2ncnc2C(N)=O)C[C@@]23COC[C@@]1(C)[C@@H]2CC[C@H]1C3=CC[C@@]2(C)[C@H](C(=O)O)[C@@](C)([C@H](C)C(C)C)CC[C@]12C)C(C)C. The van der Waals surface area contributed by atoms with Gasteiger partial charge >= 0.3 is 5.97 Å². The highest BCUT2D eigenvalue weighted by atomic mass is 16.5. The molecule has 4 aliphatic carbocycles. The number of nitrogens with two attached hydrogens (primary N) is 1. The molecule has 1 saturated heterocycles. The smallest absolute Gasteiger partial charge is 0.307 e. The summed E-state index contributed by atoms with van der Waals surface area (Å²) in [7, 11) is 0. The van der Waals surface area contributed by atoms with Crippen LogP contribution in [0.2, 0.25) is 0 Å². The van der Waals surface area contributed by atoms with E-state index in [1.54, 1.807) is 4.68 Å². The molecule has 1 aromatic heterocycles. The van der Waals surface area contributed by atoms with Gasteiger partial charge in [0.05, 0.1) is 37.9 Å². The highest BCUT2D eigenvalue weighted by molar-refractivity contribution is 5.89. The molecular formula is C42H69N5O5. The van der Waals surface area contributed by atoms with Crippen LogP contribution >= 0.6 is 0 Å². The molecule has 1 aliphatic heterocycles. The van der Waals surface area contributed by atoms with Crippen LogP contribution in [0.25, 0.3) is 0 Å². The summed E-state index contributed by atoms with van der Waals surface area (Å²) in [6.07, 6.45) is 10.0. The molecule has 0 aromatic carbocycles. The average molecular weight is 724 g/mol. The number of ether oxygens (including phenoxy) is 2. The number of aliphatic carboxylic acids is 1. The van der Waals surface area contributed by atoms with E-state index < -0.39 is 23.2 Å². The number of rotatable bonds is 12. The predicted molar refractivity (Wildman–Crippen MR) is 202 cm³/mol. The number of carboxylic acids is 1. The summed E-state index contributed by atoms with van der Waals surface area (Å²) in [6.45, 7) is 27.5. The third-order valence-electron chi connectivity index (χ3n) is 16.8. The van der Waals surface area contributed by atoms with Crippen molar-refractivity contribution >= 4 is 11.9 Å². The van der Waals surface area contributed by atoms with Crippen LogP contribution in [0.3, 0.4) is 0 Å². The van der Waals surface area contributed by atoms with Gasteiger partial charge in [-0.2, -0.15) is 5.10 Å². The minimum absolute atomic E-state index is 0.159. The van der Waals surface area contributed by atoms with Gasteiger partial charge in [-0.05, 0) is 104 Å². The molecule has 3 saturated carbocycles. The van der Waals surface area contributed by atoms with Crippen LogP contribution in [-0.2, 0) is 14.3 Å². The van der Waals surface area contributed by atoms with E-state index in [0.717, 1.165) is 45.1 Å². The lowest BCUT2D eigenvalue weighted by Crippen LogP contribution is -2.69. The molecule has 292 valence electrons. The van der Waals surface area contributed by atoms with Crippen LogP contribution in [0.5, 0.6) is 0 Å². The van der Waals surface area contributed by atoms with E-state index >= 15 is 0 Å². The zero-order valence-electron chi connectivity index (χ0n) is 34.1. The fourth-order valence-corrected chi connectivity index (χ4v) is 12.9. The van der Waals surface area contributed by atoms with Crippen LogP contribution < -0.4 is 11.1 Å². The fraction of sp³-hybridized carbons (Fsp3) is 0.857. The third kappa shape index (κ3) is 5.57. The molecule has 0 spiro atoms. The molecule has 0 radical (unpaired) electrons. The number of amides is 1. The Morgan fingerprint density at radius 1 is 1.12 bits per heavy atom. The summed E-state index contributed by atoms with van der Waals surface area (Å²) in [5.41, 5.74) is 5.57. The zero-order chi connectivity index (χ0) is 38.2. The van der Waals surface area contributed by atoms with Gasteiger partial charge in [0.25, 0.3) is 5.91 Å². The summed E-state index contributed by atoms with van der Waals surface area (Å²) in [4.78, 5) is 30.7. The Morgan fingerprint density at radius 2 is 1.83 bits per heavy atom. The van der Waals surface area contributed by atoms with Gasteiger partial charge in [0.15, 0.2) is 0 Å². The number of nitrogens with zero attached hydrogens (tertiary/aromatic N) is 3. The first-order chi connectivity index (χ1) is 24.3. The molecule has 2 bridgehead atoms. The Hall–Kier alpha value is -2.30. The molecule has 52 heavy (non-hydrogen) atoms. The molecular weight excluding hydrogens is 654 g/mol. The molecule has 10 heteroatoms. The van der Waals surface area contributed by atoms with Crippen LogP contribution in [-0.4, -0.2) is 69.8 Å². The third-order valence-corrected chi connectivity index (χ3v) is 16.8. The summed E-state index contributed by atoms with van der Waals surface area (Å²) >= 11 is 0. The van der Waals surface area contributed by atoms with E-state index in [0.29, 0.717) is 44.0 Å². The zero-order valence-corrected chi connectivity index (χ0v) is 34.1. The van der Waals surface area contributed by atoms with Crippen molar-refractivity contribution in [3.05, 3.63) is 23.8 Å². The number of carbonyl (C=O) groups excluding carboxylic acids is 1. The number of nitrogens with one attached hydrogen (secondary N) is 1. The van der Waals surface area contributed by atoms with Gasteiger partial charge in [0.1, 0.15) is 6.33 Å². The maximum Gasteiger partial charge on any atom is 0.307 e. The normalized spacial score (nSPS) is 41.7. The maximum absolute atomic E-state index is 13.5. The Balaban J connectivity index is 1.46. The predicted octanol–water partition coefficient (Wildman–Crippen LogP) is 7.31. The summed E-state index contributed by atoms with van der Waals surface area (Å²) in [5.74, 6) is 0.0211. The molecule has 12 atom stereocenters. The van der Waals surface area contributed by atoms with E-state index in [-0.39, 0.29) is 57.0 Å². The lowest BCUT2D eigenvalue weighted by atomic mass is 9.34. The number of hydrogen-bond donors (Lipinski definition) is 3. The number of allylic oxidation sites excluding steroid dienone is 1. The van der Waals surface area contributed by atoms with Crippen molar-refractivity contribution in [3.8, 4) is 0 Å². The first-order valence-electron chi connectivity index (χ1n) is 20.3. The molecule has 1 amide bonds. The van der Waals surface area contributed by atoms with Crippen LogP contribution in [0.1, 0.15) is 138 Å². The first-order valence-corrected chi connectivity index (χ1v) is 20.3. The van der Waals surface area contributed by atoms with Crippen molar-refractivity contribution in [2.24, 2.45) is 68.3 Å².